The van der Waals surface area contributed by atoms with Gasteiger partial charge in [-0.2, -0.15) is 0 Å². The number of hydrogen-bond acceptors (Lipinski definition) is 2. The molecule has 20 heavy (non-hydrogen) atoms. The van der Waals surface area contributed by atoms with Gasteiger partial charge in [-0.3, -0.25) is 9.59 Å². The van der Waals surface area contributed by atoms with Crippen LogP contribution in [0.25, 0.3) is 0 Å². The number of rotatable bonds is 1. The van der Waals surface area contributed by atoms with Crippen molar-refractivity contribution in [3.05, 3.63) is 42.0 Å². The van der Waals surface area contributed by atoms with Gasteiger partial charge in [-0.1, -0.05) is 12.2 Å². The Morgan fingerprint density at radius 1 is 1.00 bits per heavy atom. The highest BCUT2D eigenvalue weighted by molar-refractivity contribution is 6.22. The average Bonchev–Trinajstić information content (AvgIpc) is 3.06. The first-order chi connectivity index (χ1) is 9.58. The van der Waals surface area contributed by atoms with Gasteiger partial charge in [0.1, 0.15) is 11.6 Å². The van der Waals surface area contributed by atoms with E-state index in [1.165, 1.54) is 0 Å². The van der Waals surface area contributed by atoms with Crippen LogP contribution in [0.5, 0.6) is 0 Å². The number of hydrogen-bond donors (Lipinski definition) is 0. The number of halogens is 2. The highest BCUT2D eigenvalue weighted by Crippen LogP contribution is 2.53. The molecule has 2 amide bonds. The molecule has 0 unspecified atom stereocenters. The number of anilines is 1. The first-order valence-corrected chi connectivity index (χ1v) is 6.59. The summed E-state index contributed by atoms with van der Waals surface area (Å²) in [5.41, 5.74) is -0.143. The molecule has 4 rings (SSSR count). The SMILES string of the molecule is O=C1[C@@H]2[C@H](C(=O)N1c1ccc(F)cc1F)[C@@H]1C=C[C@H]2C1. The van der Waals surface area contributed by atoms with Gasteiger partial charge in [0.05, 0.1) is 17.5 Å². The van der Waals surface area contributed by atoms with Crippen molar-refractivity contribution in [3.8, 4) is 0 Å². The second-order valence-corrected chi connectivity index (χ2v) is 5.61. The smallest absolute Gasteiger partial charge is 0.238 e. The minimum Gasteiger partial charge on any atom is -0.274 e. The topological polar surface area (TPSA) is 37.4 Å². The second-order valence-electron chi connectivity index (χ2n) is 5.61. The summed E-state index contributed by atoms with van der Waals surface area (Å²) in [5.74, 6) is -2.92. The number of nitrogens with zero attached hydrogens (tertiary/aromatic N) is 1. The van der Waals surface area contributed by atoms with Crippen molar-refractivity contribution >= 4 is 17.5 Å². The van der Waals surface area contributed by atoms with Crippen LogP contribution in [0.3, 0.4) is 0 Å². The molecule has 3 nitrogen and oxygen atoms in total. The molecule has 2 bridgehead atoms. The maximum atomic E-state index is 13.8. The number of carbonyl (C=O) groups excluding carboxylic acids is 2. The third-order valence-corrected chi connectivity index (χ3v) is 4.62. The van der Waals surface area contributed by atoms with E-state index in [1.807, 2.05) is 12.2 Å². The van der Waals surface area contributed by atoms with E-state index < -0.39 is 11.6 Å². The Balaban J connectivity index is 1.78. The maximum Gasteiger partial charge on any atom is 0.238 e. The minimum atomic E-state index is -0.882. The minimum absolute atomic E-state index is 0.0787. The van der Waals surface area contributed by atoms with Crippen molar-refractivity contribution in [2.75, 3.05) is 4.90 Å². The first-order valence-electron chi connectivity index (χ1n) is 6.59. The fraction of sp³-hybridized carbons (Fsp3) is 0.333. The van der Waals surface area contributed by atoms with Gasteiger partial charge < -0.3 is 0 Å². The van der Waals surface area contributed by atoms with Crippen LogP contribution in [-0.2, 0) is 9.59 Å². The molecule has 0 N–H and O–H groups in total. The largest absolute Gasteiger partial charge is 0.274 e. The van der Waals surface area contributed by atoms with Crippen molar-refractivity contribution < 1.29 is 18.4 Å². The molecule has 1 saturated carbocycles. The number of carbonyl (C=O) groups is 2. The third kappa shape index (κ3) is 1.32. The second kappa shape index (κ2) is 3.75. The molecule has 0 aromatic heterocycles. The maximum absolute atomic E-state index is 13.8. The predicted octanol–water partition coefficient (Wildman–Crippen LogP) is 2.28. The molecule has 2 aliphatic carbocycles. The van der Waals surface area contributed by atoms with Crippen LogP contribution in [0.4, 0.5) is 14.5 Å². The zero-order valence-electron chi connectivity index (χ0n) is 10.4. The standard InChI is InChI=1S/C15H11F2NO2/c16-9-3-4-11(10(17)6-9)18-14(19)12-7-1-2-8(5-7)13(12)15(18)20/h1-4,6-8,12-13H,5H2/t7-,8+,12-,13+. The van der Waals surface area contributed by atoms with Crippen molar-refractivity contribution in [2.45, 2.75) is 6.42 Å². The Kier molecular flexibility index (Phi) is 2.20. The normalized spacial score (nSPS) is 34.2. The molecule has 4 atom stereocenters. The fourth-order valence-corrected chi connectivity index (χ4v) is 3.80. The molecular formula is C15H11F2NO2. The fourth-order valence-electron chi connectivity index (χ4n) is 3.80. The molecule has 1 saturated heterocycles. The molecule has 1 aromatic carbocycles. The average molecular weight is 275 g/mol. The highest BCUT2D eigenvalue weighted by atomic mass is 19.1. The lowest BCUT2D eigenvalue weighted by Gasteiger charge is -2.17. The van der Waals surface area contributed by atoms with Crippen molar-refractivity contribution in [3.63, 3.8) is 0 Å². The van der Waals surface area contributed by atoms with Crippen LogP contribution in [0.1, 0.15) is 6.42 Å². The van der Waals surface area contributed by atoms with Crippen LogP contribution in [0.2, 0.25) is 0 Å². The Morgan fingerprint density at radius 2 is 1.60 bits per heavy atom. The van der Waals surface area contributed by atoms with Gasteiger partial charge >= 0.3 is 0 Å². The molecule has 1 aliphatic heterocycles. The lowest BCUT2D eigenvalue weighted by molar-refractivity contribution is -0.123. The lowest BCUT2D eigenvalue weighted by atomic mass is 9.85. The van der Waals surface area contributed by atoms with E-state index >= 15 is 0 Å². The molecular weight excluding hydrogens is 264 g/mol. The van der Waals surface area contributed by atoms with Crippen molar-refractivity contribution in [1.29, 1.82) is 0 Å². The Labute approximate surface area is 113 Å². The molecule has 0 radical (unpaired) electrons. The number of imide groups is 1. The van der Waals surface area contributed by atoms with Crippen molar-refractivity contribution in [1.82, 2.24) is 0 Å². The summed E-state index contributed by atoms with van der Waals surface area (Å²) in [6.45, 7) is 0. The summed E-state index contributed by atoms with van der Waals surface area (Å²) in [7, 11) is 0. The van der Waals surface area contributed by atoms with Crippen molar-refractivity contribution in [2.24, 2.45) is 23.7 Å². The molecule has 0 spiro atoms. The van der Waals surface area contributed by atoms with E-state index in [2.05, 4.69) is 0 Å². The van der Waals surface area contributed by atoms with Gasteiger partial charge in [-0.05, 0) is 30.4 Å². The monoisotopic (exact) mass is 275 g/mol. The van der Waals surface area contributed by atoms with Crippen LogP contribution >= 0.6 is 0 Å². The van der Waals surface area contributed by atoms with Crippen LogP contribution in [-0.4, -0.2) is 11.8 Å². The van der Waals surface area contributed by atoms with E-state index in [1.54, 1.807) is 0 Å². The van der Waals surface area contributed by atoms with E-state index in [-0.39, 0.29) is 41.2 Å². The Morgan fingerprint density at radius 3 is 2.15 bits per heavy atom. The van der Waals surface area contributed by atoms with Gasteiger partial charge in [0.15, 0.2) is 0 Å². The molecule has 5 heteroatoms. The van der Waals surface area contributed by atoms with Gasteiger partial charge in [0.25, 0.3) is 0 Å². The van der Waals surface area contributed by atoms with Crippen LogP contribution in [0, 0.1) is 35.3 Å². The van der Waals surface area contributed by atoms with Gasteiger partial charge in [0, 0.05) is 6.07 Å². The molecule has 1 heterocycles. The zero-order chi connectivity index (χ0) is 14.0. The summed E-state index contributed by atoms with van der Waals surface area (Å²) in [4.78, 5) is 25.8. The summed E-state index contributed by atoms with van der Waals surface area (Å²) >= 11 is 0. The number of benzene rings is 1. The van der Waals surface area contributed by atoms with E-state index in [4.69, 9.17) is 0 Å². The third-order valence-electron chi connectivity index (χ3n) is 4.62. The summed E-state index contributed by atoms with van der Waals surface area (Å²) in [6, 6.07) is 2.90. The molecule has 1 aromatic rings. The van der Waals surface area contributed by atoms with E-state index in [0.717, 1.165) is 23.5 Å². The molecule has 2 fully saturated rings. The zero-order valence-corrected chi connectivity index (χ0v) is 10.4. The van der Waals surface area contributed by atoms with E-state index in [0.29, 0.717) is 6.07 Å². The number of fused-ring (bicyclic) bond motifs is 5. The van der Waals surface area contributed by atoms with Gasteiger partial charge in [0.2, 0.25) is 11.8 Å². The first kappa shape index (κ1) is 11.8. The Hall–Kier alpha value is -2.04. The van der Waals surface area contributed by atoms with Gasteiger partial charge in [-0.25, -0.2) is 13.7 Å². The quantitative estimate of drug-likeness (QED) is 0.582. The summed E-state index contributed by atoms with van der Waals surface area (Å²) in [6.07, 6.45) is 4.77. The number of allylic oxidation sites excluding steroid dienone is 2. The van der Waals surface area contributed by atoms with E-state index in [9.17, 15) is 18.4 Å². The van der Waals surface area contributed by atoms with Crippen LogP contribution in [0.15, 0.2) is 30.4 Å². The Bertz CT molecular complexity index is 640. The van der Waals surface area contributed by atoms with Gasteiger partial charge in [-0.15, -0.1) is 0 Å². The lowest BCUT2D eigenvalue weighted by Crippen LogP contribution is -2.33. The predicted molar refractivity (Wildman–Crippen MR) is 66.6 cm³/mol. The highest BCUT2D eigenvalue weighted by Gasteiger charge is 2.59. The molecule has 102 valence electrons. The molecule has 3 aliphatic rings. The summed E-state index contributed by atoms with van der Waals surface area (Å²) < 4.78 is 26.8. The summed E-state index contributed by atoms with van der Waals surface area (Å²) in [5, 5.41) is 0. The number of amides is 2. The van der Waals surface area contributed by atoms with Crippen LogP contribution < -0.4 is 4.90 Å².